The number of hydrogen-bond acceptors (Lipinski definition) is 2. The average Bonchev–Trinajstić information content (AvgIpc) is 2.25. The van der Waals surface area contributed by atoms with E-state index in [9.17, 15) is 0 Å². The summed E-state index contributed by atoms with van der Waals surface area (Å²) < 4.78 is 11.3. The molecular formula is C11H24O2Si. The summed E-state index contributed by atoms with van der Waals surface area (Å²) in [6, 6.07) is 0. The first kappa shape index (κ1) is 12.2. The molecule has 1 aliphatic rings. The van der Waals surface area contributed by atoms with E-state index in [4.69, 9.17) is 9.47 Å². The van der Waals surface area contributed by atoms with Gasteiger partial charge in [0.25, 0.3) is 0 Å². The largest absolute Gasteiger partial charge is 0.385 e. The Hall–Kier alpha value is 0.137. The zero-order valence-electron chi connectivity index (χ0n) is 9.46. The maximum atomic E-state index is 5.69. The van der Waals surface area contributed by atoms with Crippen LogP contribution in [-0.2, 0) is 9.47 Å². The zero-order chi connectivity index (χ0) is 10.1. The monoisotopic (exact) mass is 216 g/mol. The highest BCUT2D eigenvalue weighted by Gasteiger charge is 2.13. The summed E-state index contributed by atoms with van der Waals surface area (Å²) in [5.41, 5.74) is 0.620. The van der Waals surface area contributed by atoms with Crippen LogP contribution in [0, 0.1) is 0 Å². The molecule has 1 aliphatic heterocycles. The van der Waals surface area contributed by atoms with E-state index in [1.807, 2.05) is 0 Å². The first-order chi connectivity index (χ1) is 6.93. The van der Waals surface area contributed by atoms with Crippen molar-refractivity contribution in [2.24, 2.45) is 0 Å². The van der Waals surface area contributed by atoms with Crippen molar-refractivity contribution < 1.29 is 9.47 Å². The van der Waals surface area contributed by atoms with Crippen molar-refractivity contribution in [3.63, 3.8) is 0 Å². The van der Waals surface area contributed by atoms with E-state index in [-0.39, 0.29) is 9.52 Å². The quantitative estimate of drug-likeness (QED) is 0.478. The topological polar surface area (TPSA) is 18.5 Å². The Morgan fingerprint density at radius 3 is 3.00 bits per heavy atom. The van der Waals surface area contributed by atoms with Crippen molar-refractivity contribution in [2.45, 2.75) is 51.2 Å². The molecule has 1 saturated heterocycles. The van der Waals surface area contributed by atoms with Crippen molar-refractivity contribution in [1.82, 2.24) is 0 Å². The Labute approximate surface area is 90.2 Å². The molecule has 14 heavy (non-hydrogen) atoms. The van der Waals surface area contributed by atoms with Crippen molar-refractivity contribution in [2.75, 3.05) is 19.4 Å². The lowest BCUT2D eigenvalue weighted by Crippen LogP contribution is -2.28. The Morgan fingerprint density at radius 1 is 1.36 bits per heavy atom. The predicted molar refractivity (Wildman–Crippen MR) is 62.5 cm³/mol. The molecule has 0 aromatic heterocycles. The number of ether oxygens (including phenoxy) is 2. The van der Waals surface area contributed by atoms with Crippen molar-refractivity contribution in [1.29, 1.82) is 0 Å². The van der Waals surface area contributed by atoms with Gasteiger partial charge in [0.2, 0.25) is 0 Å². The second kappa shape index (κ2) is 8.45. The lowest BCUT2D eigenvalue weighted by molar-refractivity contribution is 0.0609. The van der Waals surface area contributed by atoms with Crippen LogP contribution in [0.3, 0.4) is 0 Å². The number of unbranched alkanes of at least 4 members (excludes halogenated alkanes) is 2. The molecule has 1 heterocycles. The summed E-state index contributed by atoms with van der Waals surface area (Å²) >= 11 is 0. The molecule has 0 spiro atoms. The third-order valence-electron chi connectivity index (χ3n) is 2.75. The molecule has 0 amide bonds. The third-order valence-corrected chi connectivity index (χ3v) is 4.56. The first-order valence-electron chi connectivity index (χ1n) is 6.13. The summed E-state index contributed by atoms with van der Waals surface area (Å²) in [7, 11) is -0.113. The molecule has 0 aliphatic carbocycles. The van der Waals surface area contributed by atoms with E-state index in [1.54, 1.807) is 0 Å². The van der Waals surface area contributed by atoms with Gasteiger partial charge >= 0.3 is 0 Å². The minimum atomic E-state index is -0.113. The van der Waals surface area contributed by atoms with E-state index in [1.165, 1.54) is 38.5 Å². The molecule has 84 valence electrons. The Balaban J connectivity index is 1.82. The molecule has 0 N–H and O–H groups in total. The summed E-state index contributed by atoms with van der Waals surface area (Å²) in [4.78, 5) is 0. The Bertz CT molecular complexity index is 124. The number of hydrogen-bond donors (Lipinski definition) is 0. The molecule has 0 radical (unpaired) electrons. The minimum Gasteiger partial charge on any atom is -0.385 e. The van der Waals surface area contributed by atoms with Crippen LogP contribution in [0.25, 0.3) is 0 Å². The third kappa shape index (κ3) is 5.78. The van der Waals surface area contributed by atoms with E-state index in [0.29, 0.717) is 5.73 Å². The minimum absolute atomic E-state index is 0.113. The van der Waals surface area contributed by atoms with Crippen LogP contribution in [0.1, 0.15) is 45.4 Å². The fourth-order valence-electron chi connectivity index (χ4n) is 1.81. The molecule has 0 bridgehead atoms. The molecule has 1 fully saturated rings. The fourth-order valence-corrected chi connectivity index (χ4v) is 3.35. The molecule has 1 atom stereocenters. The molecule has 0 aromatic carbocycles. The van der Waals surface area contributed by atoms with E-state index >= 15 is 0 Å². The maximum Gasteiger partial charge on any atom is 0.0860 e. The van der Waals surface area contributed by atoms with Gasteiger partial charge < -0.3 is 9.47 Å². The van der Waals surface area contributed by atoms with Gasteiger partial charge in [-0.2, -0.15) is 0 Å². The van der Waals surface area contributed by atoms with Gasteiger partial charge in [-0.05, 0) is 25.7 Å². The van der Waals surface area contributed by atoms with Crippen molar-refractivity contribution >= 4 is 9.52 Å². The summed E-state index contributed by atoms with van der Waals surface area (Å²) in [5, 5.41) is 0. The summed E-state index contributed by atoms with van der Waals surface area (Å²) in [5.74, 6) is 0. The zero-order valence-corrected chi connectivity index (χ0v) is 10.9. The molecule has 2 nitrogen and oxygen atoms in total. The summed E-state index contributed by atoms with van der Waals surface area (Å²) in [6.07, 6.45) is 8.78. The van der Waals surface area contributed by atoms with Crippen LogP contribution in [0.15, 0.2) is 0 Å². The highest BCUT2D eigenvalue weighted by Crippen LogP contribution is 2.11. The normalized spacial score (nSPS) is 23.4. The highest BCUT2D eigenvalue weighted by atomic mass is 28.2. The van der Waals surface area contributed by atoms with E-state index < -0.39 is 0 Å². The average molecular weight is 216 g/mol. The van der Waals surface area contributed by atoms with E-state index in [2.05, 4.69) is 6.92 Å². The van der Waals surface area contributed by atoms with Gasteiger partial charge in [-0.3, -0.25) is 0 Å². The molecular weight excluding hydrogens is 192 g/mol. The smallest absolute Gasteiger partial charge is 0.0860 e. The number of rotatable bonds is 7. The molecule has 3 heteroatoms. The van der Waals surface area contributed by atoms with Crippen LogP contribution >= 0.6 is 0 Å². The van der Waals surface area contributed by atoms with Gasteiger partial charge in [0.15, 0.2) is 0 Å². The van der Waals surface area contributed by atoms with Crippen LogP contribution in [-0.4, -0.2) is 34.7 Å². The van der Waals surface area contributed by atoms with Crippen LogP contribution in [0.5, 0.6) is 0 Å². The van der Waals surface area contributed by atoms with Crippen LogP contribution in [0.2, 0.25) is 0 Å². The molecule has 0 saturated carbocycles. The van der Waals surface area contributed by atoms with E-state index in [0.717, 1.165) is 19.4 Å². The fraction of sp³-hybridized carbons (Fsp3) is 1.00. The summed E-state index contributed by atoms with van der Waals surface area (Å²) in [6.45, 7) is 4.19. The van der Waals surface area contributed by atoms with Gasteiger partial charge in [0, 0.05) is 25.2 Å². The molecule has 1 rings (SSSR count). The molecule has 0 aromatic rings. The van der Waals surface area contributed by atoms with Gasteiger partial charge in [-0.1, -0.05) is 19.8 Å². The van der Waals surface area contributed by atoms with Crippen LogP contribution < -0.4 is 0 Å². The Kier molecular flexibility index (Phi) is 7.36. The lowest BCUT2D eigenvalue weighted by Gasteiger charge is -2.21. The van der Waals surface area contributed by atoms with Gasteiger partial charge in [0.1, 0.15) is 0 Å². The highest BCUT2D eigenvalue weighted by molar-refractivity contribution is 6.37. The Morgan fingerprint density at radius 2 is 2.29 bits per heavy atom. The second-order valence-corrected chi connectivity index (χ2v) is 5.99. The van der Waals surface area contributed by atoms with Crippen molar-refractivity contribution in [3.05, 3.63) is 0 Å². The second-order valence-electron chi connectivity index (χ2n) is 4.10. The SMILES string of the molecule is CCCCCOC[SiH2]C1CCCCO1. The van der Waals surface area contributed by atoms with Gasteiger partial charge in [-0.15, -0.1) is 0 Å². The molecule has 1 unspecified atom stereocenters. The maximum absolute atomic E-state index is 5.69. The van der Waals surface area contributed by atoms with Gasteiger partial charge in [0.05, 0.1) is 9.52 Å². The van der Waals surface area contributed by atoms with Crippen LogP contribution in [0.4, 0.5) is 0 Å². The standard InChI is InChI=1S/C11H24O2Si/c1-2-3-5-8-12-10-14-11-7-4-6-9-13-11/h11H,2-10,14H2,1H3. The van der Waals surface area contributed by atoms with Crippen molar-refractivity contribution in [3.8, 4) is 0 Å². The lowest BCUT2D eigenvalue weighted by atomic mass is 10.2. The predicted octanol–water partition coefficient (Wildman–Crippen LogP) is 1.85. The first-order valence-corrected chi connectivity index (χ1v) is 7.94. The van der Waals surface area contributed by atoms with Gasteiger partial charge in [-0.25, -0.2) is 0 Å².